The summed E-state index contributed by atoms with van der Waals surface area (Å²) >= 11 is 0. The molecule has 0 unspecified atom stereocenters. The van der Waals surface area contributed by atoms with Crippen molar-refractivity contribution < 1.29 is 14.2 Å². The van der Waals surface area contributed by atoms with Gasteiger partial charge in [0, 0.05) is 17.5 Å². The smallest absolute Gasteiger partial charge is 0.274 e. The van der Waals surface area contributed by atoms with Crippen molar-refractivity contribution >= 4 is 17.3 Å². The number of likely N-dealkylation sites (tertiary alicyclic amines) is 1. The molecule has 0 radical (unpaired) electrons. The molecule has 1 N–H and O–H groups in total. The van der Waals surface area contributed by atoms with Crippen LogP contribution >= 0.6 is 0 Å². The van der Waals surface area contributed by atoms with E-state index < -0.39 is 4.92 Å². The van der Waals surface area contributed by atoms with Crippen molar-refractivity contribution in [1.82, 2.24) is 15.0 Å². The third-order valence-electron chi connectivity index (χ3n) is 5.58. The van der Waals surface area contributed by atoms with Gasteiger partial charge < -0.3 is 9.84 Å². The molecular weight excluding hydrogens is 398 g/mol. The highest BCUT2D eigenvalue weighted by atomic mass is 16.6. The van der Waals surface area contributed by atoms with E-state index in [1.165, 1.54) is 6.07 Å². The molecule has 2 aromatic carbocycles. The van der Waals surface area contributed by atoms with Crippen LogP contribution in [0.3, 0.4) is 0 Å². The molecule has 4 rings (SSSR count). The molecule has 160 valence electrons. The lowest BCUT2D eigenvalue weighted by molar-refractivity contribution is -0.385. The fraction of sp³-hybridized carbons (Fsp3) is 0.318. The Morgan fingerprint density at radius 3 is 2.65 bits per heavy atom. The van der Waals surface area contributed by atoms with Crippen molar-refractivity contribution in [3.8, 4) is 11.4 Å². The van der Waals surface area contributed by atoms with Crippen LogP contribution in [0.4, 0.5) is 11.4 Å². The molecule has 0 spiro atoms. The zero-order valence-corrected chi connectivity index (χ0v) is 17.2. The van der Waals surface area contributed by atoms with E-state index in [1.807, 2.05) is 30.3 Å². The maximum Gasteiger partial charge on any atom is 0.274 e. The lowest BCUT2D eigenvalue weighted by atomic mass is 9.95. The first-order valence-electron chi connectivity index (χ1n) is 10.2. The van der Waals surface area contributed by atoms with Crippen LogP contribution in [0.5, 0.6) is 0 Å². The van der Waals surface area contributed by atoms with Crippen LogP contribution < -0.4 is 5.32 Å². The molecule has 31 heavy (non-hydrogen) atoms. The molecular formula is C22H23N5O4. The van der Waals surface area contributed by atoms with Crippen LogP contribution in [-0.2, 0) is 11.3 Å². The zero-order chi connectivity index (χ0) is 21.8. The number of nitrogens with zero attached hydrogens (tertiary/aromatic N) is 4. The summed E-state index contributed by atoms with van der Waals surface area (Å²) in [6.07, 6.45) is 1.39. The van der Waals surface area contributed by atoms with Crippen LogP contribution in [0.2, 0.25) is 0 Å². The number of nitrogens with one attached hydrogen (secondary N) is 1. The van der Waals surface area contributed by atoms with Crippen molar-refractivity contribution in [1.29, 1.82) is 0 Å². The number of benzene rings is 2. The van der Waals surface area contributed by atoms with Gasteiger partial charge in [-0.1, -0.05) is 41.6 Å². The molecule has 1 fully saturated rings. The van der Waals surface area contributed by atoms with Crippen molar-refractivity contribution in [3.05, 3.63) is 70.1 Å². The third kappa shape index (κ3) is 4.77. The van der Waals surface area contributed by atoms with Gasteiger partial charge in [-0.15, -0.1) is 0 Å². The van der Waals surface area contributed by atoms with Crippen molar-refractivity contribution in [3.63, 3.8) is 0 Å². The minimum Gasteiger partial charge on any atom is -0.338 e. The van der Waals surface area contributed by atoms with Gasteiger partial charge >= 0.3 is 0 Å². The Kier molecular flexibility index (Phi) is 6.03. The molecule has 0 saturated carbocycles. The van der Waals surface area contributed by atoms with Gasteiger partial charge in [0.25, 0.3) is 5.69 Å². The summed E-state index contributed by atoms with van der Waals surface area (Å²) in [6.45, 7) is 3.65. The Balaban J connectivity index is 1.31. The maximum atomic E-state index is 12.7. The number of carbonyl (C=O) groups is 1. The highest BCUT2D eigenvalue weighted by Crippen LogP contribution is 2.27. The van der Waals surface area contributed by atoms with E-state index in [-0.39, 0.29) is 17.5 Å². The van der Waals surface area contributed by atoms with E-state index >= 15 is 0 Å². The number of nitro benzene ring substituents is 1. The first-order chi connectivity index (χ1) is 15.0. The average molecular weight is 421 g/mol. The number of amides is 1. The minimum atomic E-state index is -0.440. The van der Waals surface area contributed by atoms with E-state index in [9.17, 15) is 14.9 Å². The predicted molar refractivity (Wildman–Crippen MR) is 114 cm³/mol. The van der Waals surface area contributed by atoms with Crippen LogP contribution in [-0.4, -0.2) is 39.0 Å². The molecule has 1 aliphatic rings. The minimum absolute atomic E-state index is 0.00190. The van der Waals surface area contributed by atoms with Gasteiger partial charge in [0.15, 0.2) is 0 Å². The lowest BCUT2D eigenvalue weighted by Crippen LogP contribution is -2.37. The summed E-state index contributed by atoms with van der Waals surface area (Å²) in [7, 11) is 0. The second-order valence-electron chi connectivity index (χ2n) is 7.62. The first kappa shape index (κ1) is 20.7. The van der Waals surface area contributed by atoms with Gasteiger partial charge in [0.05, 0.1) is 22.7 Å². The Morgan fingerprint density at radius 2 is 1.94 bits per heavy atom. The molecule has 0 atom stereocenters. The molecule has 1 amide bonds. The summed E-state index contributed by atoms with van der Waals surface area (Å²) in [5.41, 5.74) is 1.86. The van der Waals surface area contributed by atoms with Crippen LogP contribution in [0.1, 0.15) is 24.3 Å². The molecule has 1 aromatic heterocycles. The summed E-state index contributed by atoms with van der Waals surface area (Å²) in [5.74, 6) is 0.871. The van der Waals surface area contributed by atoms with E-state index in [4.69, 9.17) is 4.52 Å². The largest absolute Gasteiger partial charge is 0.338 e. The Morgan fingerprint density at radius 1 is 1.19 bits per heavy atom. The summed E-state index contributed by atoms with van der Waals surface area (Å²) in [5, 5.41) is 18.0. The fourth-order valence-corrected chi connectivity index (χ4v) is 3.76. The summed E-state index contributed by atoms with van der Waals surface area (Å²) in [6, 6.07) is 14.4. The molecule has 0 aliphatic carbocycles. The van der Waals surface area contributed by atoms with Crippen molar-refractivity contribution in [2.75, 3.05) is 18.4 Å². The van der Waals surface area contributed by atoms with Gasteiger partial charge in [-0.2, -0.15) is 4.98 Å². The predicted octanol–water partition coefficient (Wildman–Crippen LogP) is 3.80. The van der Waals surface area contributed by atoms with Gasteiger partial charge in [0.2, 0.25) is 17.6 Å². The summed E-state index contributed by atoms with van der Waals surface area (Å²) in [4.78, 5) is 30.0. The first-order valence-corrected chi connectivity index (χ1v) is 10.2. The Hall–Kier alpha value is -3.59. The monoisotopic (exact) mass is 421 g/mol. The third-order valence-corrected chi connectivity index (χ3v) is 5.58. The number of nitro groups is 1. The van der Waals surface area contributed by atoms with Crippen LogP contribution in [0.15, 0.2) is 53.1 Å². The van der Waals surface area contributed by atoms with Gasteiger partial charge in [0.1, 0.15) is 0 Å². The SMILES string of the molecule is Cc1c(NC(=O)C2CCN(Cc3nc(-c4ccccc4)no3)CC2)cccc1[N+](=O)[O-]. The molecule has 0 bridgehead atoms. The molecule has 9 nitrogen and oxygen atoms in total. The number of anilines is 1. The van der Waals surface area contributed by atoms with Crippen LogP contribution in [0.25, 0.3) is 11.4 Å². The topological polar surface area (TPSA) is 114 Å². The second-order valence-corrected chi connectivity index (χ2v) is 7.62. The number of hydrogen-bond acceptors (Lipinski definition) is 7. The standard InChI is InChI=1S/C22H23N5O4/c1-15-18(8-5-9-19(15)27(29)30)23-22(28)17-10-12-26(13-11-17)14-20-24-21(25-31-20)16-6-3-2-4-7-16/h2-9,17H,10-14H2,1H3,(H,23,28). The molecule has 1 saturated heterocycles. The number of rotatable bonds is 6. The Bertz CT molecular complexity index is 1070. The highest BCUT2D eigenvalue weighted by Gasteiger charge is 2.27. The van der Waals surface area contributed by atoms with Crippen LogP contribution in [0, 0.1) is 23.0 Å². The lowest BCUT2D eigenvalue weighted by Gasteiger charge is -2.30. The van der Waals surface area contributed by atoms with Gasteiger partial charge in [-0.25, -0.2) is 0 Å². The fourth-order valence-electron chi connectivity index (χ4n) is 3.76. The second kappa shape index (κ2) is 9.05. The summed E-state index contributed by atoms with van der Waals surface area (Å²) < 4.78 is 5.38. The normalized spacial score (nSPS) is 15.0. The molecule has 1 aliphatic heterocycles. The van der Waals surface area contributed by atoms with E-state index in [2.05, 4.69) is 20.4 Å². The number of carbonyl (C=O) groups excluding carboxylic acids is 1. The van der Waals surface area contributed by atoms with Crippen molar-refractivity contribution in [2.45, 2.75) is 26.3 Å². The van der Waals surface area contributed by atoms with E-state index in [0.29, 0.717) is 42.4 Å². The highest BCUT2D eigenvalue weighted by molar-refractivity contribution is 5.93. The molecule has 2 heterocycles. The average Bonchev–Trinajstić information content (AvgIpc) is 3.24. The van der Waals surface area contributed by atoms with E-state index in [1.54, 1.807) is 19.1 Å². The number of piperidine rings is 1. The van der Waals surface area contributed by atoms with Gasteiger partial charge in [-0.3, -0.25) is 19.8 Å². The van der Waals surface area contributed by atoms with E-state index in [0.717, 1.165) is 18.7 Å². The number of aromatic nitrogens is 2. The van der Waals surface area contributed by atoms with Crippen molar-refractivity contribution in [2.24, 2.45) is 5.92 Å². The maximum absolute atomic E-state index is 12.7. The zero-order valence-electron chi connectivity index (χ0n) is 17.2. The molecule has 3 aromatic rings. The molecule has 9 heteroatoms. The quantitative estimate of drug-likeness (QED) is 0.475. The van der Waals surface area contributed by atoms with Gasteiger partial charge in [-0.05, 0) is 38.9 Å². The number of hydrogen-bond donors (Lipinski definition) is 1. The Labute approximate surface area is 179 Å².